The first-order valence-electron chi connectivity index (χ1n) is 6.14. The van der Waals surface area contributed by atoms with E-state index in [1.54, 1.807) is 0 Å². The van der Waals surface area contributed by atoms with Gasteiger partial charge in [0, 0.05) is 17.6 Å². The molecule has 0 bridgehead atoms. The third-order valence-electron chi connectivity index (χ3n) is 3.87. The average Bonchev–Trinajstić information content (AvgIpc) is 2.87. The van der Waals surface area contributed by atoms with Gasteiger partial charge in [-0.2, -0.15) is 4.31 Å². The number of nitrogens with one attached hydrogen (secondary N) is 1. The summed E-state index contributed by atoms with van der Waals surface area (Å²) in [5.41, 5.74) is 0. The fourth-order valence-corrected chi connectivity index (χ4v) is 5.40. The van der Waals surface area contributed by atoms with E-state index in [1.807, 2.05) is 0 Å². The molecule has 2 aliphatic rings. The zero-order chi connectivity index (χ0) is 13.6. The molecule has 2 fully saturated rings. The molecule has 0 amide bonds. The summed E-state index contributed by atoms with van der Waals surface area (Å²) < 4.78 is 40.0. The molecular formula is C12H14BrFN2O2S. The third-order valence-corrected chi connectivity index (χ3v) is 6.68. The molecule has 2 saturated heterocycles. The standard InChI is InChI=1S/C12H14BrFN2O2S/c13-11-3-10(14)1-2-12(11)19(17,18)16-6-8-4-15-5-9(8)7-16/h1-3,8-9,15H,4-7H2. The highest BCUT2D eigenvalue weighted by Crippen LogP contribution is 2.33. The number of sulfonamides is 1. The van der Waals surface area contributed by atoms with Crippen LogP contribution in [0, 0.1) is 17.7 Å². The van der Waals surface area contributed by atoms with Gasteiger partial charge in [-0.15, -0.1) is 0 Å². The Kier molecular flexibility index (Phi) is 3.41. The van der Waals surface area contributed by atoms with Gasteiger partial charge in [-0.25, -0.2) is 12.8 Å². The maximum atomic E-state index is 13.1. The fraction of sp³-hybridized carbons (Fsp3) is 0.500. The molecule has 4 nitrogen and oxygen atoms in total. The van der Waals surface area contributed by atoms with E-state index in [2.05, 4.69) is 21.2 Å². The Morgan fingerprint density at radius 1 is 1.26 bits per heavy atom. The average molecular weight is 349 g/mol. The molecule has 0 spiro atoms. The van der Waals surface area contributed by atoms with Crippen molar-refractivity contribution >= 4 is 26.0 Å². The van der Waals surface area contributed by atoms with Gasteiger partial charge in [-0.05, 0) is 59.1 Å². The highest BCUT2D eigenvalue weighted by molar-refractivity contribution is 9.10. The van der Waals surface area contributed by atoms with Crippen molar-refractivity contribution in [3.63, 3.8) is 0 Å². The number of benzene rings is 1. The minimum atomic E-state index is -3.54. The van der Waals surface area contributed by atoms with Crippen LogP contribution >= 0.6 is 15.9 Å². The van der Waals surface area contributed by atoms with Crippen LogP contribution in [0.2, 0.25) is 0 Å². The Balaban J connectivity index is 1.91. The van der Waals surface area contributed by atoms with Crippen LogP contribution in [-0.2, 0) is 10.0 Å². The molecule has 2 unspecified atom stereocenters. The smallest absolute Gasteiger partial charge is 0.244 e. The number of hydrogen-bond donors (Lipinski definition) is 1. The predicted molar refractivity (Wildman–Crippen MR) is 72.7 cm³/mol. The Labute approximate surface area is 120 Å². The highest BCUT2D eigenvalue weighted by atomic mass is 79.9. The van der Waals surface area contributed by atoms with E-state index >= 15 is 0 Å². The van der Waals surface area contributed by atoms with E-state index in [-0.39, 0.29) is 9.37 Å². The van der Waals surface area contributed by atoms with Crippen molar-refractivity contribution in [2.24, 2.45) is 11.8 Å². The van der Waals surface area contributed by atoms with Crippen molar-refractivity contribution in [1.29, 1.82) is 0 Å². The first-order valence-corrected chi connectivity index (χ1v) is 8.37. The molecule has 1 aromatic carbocycles. The summed E-state index contributed by atoms with van der Waals surface area (Å²) in [6, 6.07) is 3.68. The molecule has 2 aliphatic heterocycles. The second-order valence-corrected chi connectivity index (χ2v) is 7.84. The van der Waals surface area contributed by atoms with E-state index in [0.717, 1.165) is 13.1 Å². The summed E-state index contributed by atoms with van der Waals surface area (Å²) in [6.45, 7) is 2.84. The van der Waals surface area contributed by atoms with Crippen LogP contribution in [0.15, 0.2) is 27.6 Å². The van der Waals surface area contributed by atoms with Crippen LogP contribution in [0.1, 0.15) is 0 Å². The molecule has 0 aromatic heterocycles. The first-order chi connectivity index (χ1) is 8.98. The summed E-state index contributed by atoms with van der Waals surface area (Å²) in [4.78, 5) is 0.141. The van der Waals surface area contributed by atoms with Crippen LogP contribution in [0.3, 0.4) is 0 Å². The Morgan fingerprint density at radius 3 is 2.47 bits per heavy atom. The molecule has 0 saturated carbocycles. The lowest BCUT2D eigenvalue weighted by Gasteiger charge is -2.18. The molecule has 1 N–H and O–H groups in total. The first kappa shape index (κ1) is 13.5. The lowest BCUT2D eigenvalue weighted by atomic mass is 10.0. The molecule has 3 rings (SSSR count). The number of nitrogens with zero attached hydrogens (tertiary/aromatic N) is 1. The van der Waals surface area contributed by atoms with E-state index in [0.29, 0.717) is 24.9 Å². The van der Waals surface area contributed by atoms with Crippen molar-refractivity contribution in [3.05, 3.63) is 28.5 Å². The van der Waals surface area contributed by atoms with E-state index in [4.69, 9.17) is 0 Å². The lowest BCUT2D eigenvalue weighted by Crippen LogP contribution is -2.32. The summed E-state index contributed by atoms with van der Waals surface area (Å²) in [7, 11) is -3.54. The monoisotopic (exact) mass is 348 g/mol. The molecule has 19 heavy (non-hydrogen) atoms. The van der Waals surface area contributed by atoms with Crippen LogP contribution in [-0.4, -0.2) is 38.9 Å². The van der Waals surface area contributed by atoms with E-state index in [1.165, 1.54) is 22.5 Å². The van der Waals surface area contributed by atoms with Crippen molar-refractivity contribution in [1.82, 2.24) is 9.62 Å². The number of hydrogen-bond acceptors (Lipinski definition) is 3. The van der Waals surface area contributed by atoms with Gasteiger partial charge in [-0.3, -0.25) is 0 Å². The van der Waals surface area contributed by atoms with Crippen molar-refractivity contribution in [2.45, 2.75) is 4.90 Å². The summed E-state index contributed by atoms with van der Waals surface area (Å²) in [5.74, 6) is 0.344. The number of fused-ring (bicyclic) bond motifs is 1. The topological polar surface area (TPSA) is 49.4 Å². The quantitative estimate of drug-likeness (QED) is 0.879. The fourth-order valence-electron chi connectivity index (χ4n) is 2.83. The van der Waals surface area contributed by atoms with Gasteiger partial charge in [0.2, 0.25) is 10.0 Å². The molecular weight excluding hydrogens is 335 g/mol. The van der Waals surface area contributed by atoms with E-state index < -0.39 is 15.8 Å². The van der Waals surface area contributed by atoms with Crippen molar-refractivity contribution < 1.29 is 12.8 Å². The molecule has 1 aromatic rings. The molecule has 7 heteroatoms. The van der Waals surface area contributed by atoms with E-state index in [9.17, 15) is 12.8 Å². The Bertz CT molecular complexity index is 596. The van der Waals surface area contributed by atoms with Crippen molar-refractivity contribution in [3.8, 4) is 0 Å². The van der Waals surface area contributed by atoms with Crippen LogP contribution in [0.5, 0.6) is 0 Å². The lowest BCUT2D eigenvalue weighted by molar-refractivity contribution is 0.447. The van der Waals surface area contributed by atoms with Crippen LogP contribution in [0.4, 0.5) is 4.39 Å². The second-order valence-electron chi connectivity index (χ2n) is 5.08. The SMILES string of the molecule is O=S(=O)(c1ccc(F)cc1Br)N1CC2CNCC2C1. The third kappa shape index (κ3) is 2.33. The minimum absolute atomic E-state index is 0.141. The maximum absolute atomic E-state index is 13.1. The molecule has 2 atom stereocenters. The van der Waals surface area contributed by atoms with Gasteiger partial charge < -0.3 is 5.32 Å². The zero-order valence-electron chi connectivity index (χ0n) is 10.1. The van der Waals surface area contributed by atoms with Gasteiger partial charge in [0.25, 0.3) is 0 Å². The summed E-state index contributed by atoms with van der Waals surface area (Å²) >= 11 is 3.13. The van der Waals surface area contributed by atoms with Crippen LogP contribution in [0.25, 0.3) is 0 Å². The van der Waals surface area contributed by atoms with Gasteiger partial charge in [0.05, 0.1) is 4.90 Å². The Morgan fingerprint density at radius 2 is 1.89 bits per heavy atom. The second kappa shape index (κ2) is 4.80. The number of halogens is 2. The highest BCUT2D eigenvalue weighted by Gasteiger charge is 2.41. The van der Waals surface area contributed by atoms with Crippen LogP contribution < -0.4 is 5.32 Å². The van der Waals surface area contributed by atoms with Crippen molar-refractivity contribution in [2.75, 3.05) is 26.2 Å². The molecule has 0 aliphatic carbocycles. The van der Waals surface area contributed by atoms with Gasteiger partial charge in [-0.1, -0.05) is 0 Å². The largest absolute Gasteiger partial charge is 0.316 e. The van der Waals surface area contributed by atoms with Gasteiger partial charge >= 0.3 is 0 Å². The zero-order valence-corrected chi connectivity index (χ0v) is 12.5. The normalized spacial score (nSPS) is 27.7. The number of rotatable bonds is 2. The van der Waals surface area contributed by atoms with Gasteiger partial charge in [0.1, 0.15) is 5.82 Å². The Hall–Kier alpha value is -0.500. The summed E-state index contributed by atoms with van der Waals surface area (Å²) in [5, 5.41) is 3.27. The minimum Gasteiger partial charge on any atom is -0.316 e. The molecule has 0 radical (unpaired) electrons. The predicted octanol–water partition coefficient (Wildman–Crippen LogP) is 1.43. The summed E-state index contributed by atoms with van der Waals surface area (Å²) in [6.07, 6.45) is 0. The molecule has 2 heterocycles. The molecule has 104 valence electrons. The van der Waals surface area contributed by atoms with Gasteiger partial charge in [0.15, 0.2) is 0 Å². The maximum Gasteiger partial charge on any atom is 0.244 e.